The van der Waals surface area contributed by atoms with Crippen LogP contribution >= 0.6 is 0 Å². The van der Waals surface area contributed by atoms with Crippen LogP contribution in [0.1, 0.15) is 18.4 Å². The lowest BCUT2D eigenvalue weighted by atomic mass is 9.99. The van der Waals surface area contributed by atoms with E-state index in [1.165, 1.54) is 6.07 Å². The van der Waals surface area contributed by atoms with Crippen molar-refractivity contribution in [1.29, 1.82) is 0 Å². The zero-order chi connectivity index (χ0) is 19.6. The van der Waals surface area contributed by atoms with Crippen LogP contribution in [0.15, 0.2) is 48.5 Å². The fourth-order valence-electron chi connectivity index (χ4n) is 2.48. The summed E-state index contributed by atoms with van der Waals surface area (Å²) in [6, 6.07) is 12.2. The molecule has 0 spiro atoms. The summed E-state index contributed by atoms with van der Waals surface area (Å²) in [4.78, 5) is 23.2. The lowest BCUT2D eigenvalue weighted by molar-refractivity contribution is -0.141. The molecule has 2 aromatic carbocycles. The zero-order valence-corrected chi connectivity index (χ0v) is 14.7. The van der Waals surface area contributed by atoms with Crippen molar-refractivity contribution < 1.29 is 28.2 Å². The van der Waals surface area contributed by atoms with Crippen LogP contribution in [-0.4, -0.2) is 30.1 Å². The normalized spacial score (nSPS) is 11.6. The maximum absolute atomic E-state index is 13.4. The number of carboxylic acids is 1. The van der Waals surface area contributed by atoms with Gasteiger partial charge in [0, 0.05) is 19.0 Å². The van der Waals surface area contributed by atoms with Gasteiger partial charge >= 0.3 is 5.97 Å². The van der Waals surface area contributed by atoms with Crippen molar-refractivity contribution in [3.8, 4) is 5.75 Å². The van der Waals surface area contributed by atoms with E-state index in [4.69, 9.17) is 4.74 Å². The molecule has 0 heterocycles. The predicted octanol–water partition coefficient (Wildman–Crippen LogP) is 3.18. The van der Waals surface area contributed by atoms with Gasteiger partial charge in [0.1, 0.15) is 5.82 Å². The van der Waals surface area contributed by atoms with Crippen LogP contribution in [0.2, 0.25) is 0 Å². The van der Waals surface area contributed by atoms with Crippen molar-refractivity contribution in [3.05, 3.63) is 65.7 Å². The molecule has 1 amide bonds. The molecule has 0 aliphatic heterocycles. The van der Waals surface area contributed by atoms with Crippen LogP contribution in [0.3, 0.4) is 0 Å². The van der Waals surface area contributed by atoms with Gasteiger partial charge in [-0.1, -0.05) is 30.3 Å². The Kier molecular flexibility index (Phi) is 7.73. The van der Waals surface area contributed by atoms with Crippen molar-refractivity contribution in [1.82, 2.24) is 5.32 Å². The SMILES string of the molecule is O=C(CCCOc1ccc(F)cc1F)NCC(Cc1ccccc1)C(=O)O. The summed E-state index contributed by atoms with van der Waals surface area (Å²) >= 11 is 0. The smallest absolute Gasteiger partial charge is 0.308 e. The van der Waals surface area contributed by atoms with E-state index >= 15 is 0 Å². The van der Waals surface area contributed by atoms with Crippen molar-refractivity contribution in [2.75, 3.05) is 13.2 Å². The maximum Gasteiger partial charge on any atom is 0.308 e. The Hall–Kier alpha value is -2.96. The highest BCUT2D eigenvalue weighted by Gasteiger charge is 2.18. The quantitative estimate of drug-likeness (QED) is 0.624. The molecule has 144 valence electrons. The number of carbonyl (C=O) groups is 2. The maximum atomic E-state index is 13.4. The second kappa shape index (κ2) is 10.3. The third kappa shape index (κ3) is 7.05. The van der Waals surface area contributed by atoms with E-state index < -0.39 is 23.5 Å². The van der Waals surface area contributed by atoms with Crippen LogP contribution in [0, 0.1) is 17.6 Å². The average molecular weight is 377 g/mol. The standard InChI is InChI=1S/C20H21F2NO4/c21-16-8-9-18(17(22)12-16)27-10-4-7-19(24)23-13-15(20(25)26)11-14-5-2-1-3-6-14/h1-3,5-6,8-9,12,15H,4,7,10-11,13H2,(H,23,24)(H,25,26). The monoisotopic (exact) mass is 377 g/mol. The Morgan fingerprint density at radius 1 is 1.11 bits per heavy atom. The fourth-order valence-corrected chi connectivity index (χ4v) is 2.48. The molecule has 0 aromatic heterocycles. The van der Waals surface area contributed by atoms with Crippen molar-refractivity contribution >= 4 is 11.9 Å². The van der Waals surface area contributed by atoms with E-state index in [0.717, 1.165) is 17.7 Å². The molecule has 5 nitrogen and oxygen atoms in total. The number of amides is 1. The minimum atomic E-state index is -0.978. The summed E-state index contributed by atoms with van der Waals surface area (Å²) in [5, 5.41) is 11.9. The van der Waals surface area contributed by atoms with Gasteiger partial charge in [-0.15, -0.1) is 0 Å². The summed E-state index contributed by atoms with van der Waals surface area (Å²) < 4.78 is 31.4. The van der Waals surface area contributed by atoms with Gasteiger partial charge in [0.05, 0.1) is 12.5 Å². The minimum absolute atomic E-state index is 0.0243. The summed E-state index contributed by atoms with van der Waals surface area (Å²) in [6.07, 6.45) is 0.753. The predicted molar refractivity (Wildman–Crippen MR) is 95.4 cm³/mol. The molecule has 1 atom stereocenters. The molecule has 2 N–H and O–H groups in total. The number of ether oxygens (including phenoxy) is 1. The van der Waals surface area contributed by atoms with Crippen LogP contribution < -0.4 is 10.1 Å². The van der Waals surface area contributed by atoms with Gasteiger partial charge in [0.25, 0.3) is 0 Å². The molecule has 27 heavy (non-hydrogen) atoms. The Morgan fingerprint density at radius 3 is 2.52 bits per heavy atom. The first kappa shape index (κ1) is 20.4. The second-order valence-corrected chi connectivity index (χ2v) is 6.06. The lowest BCUT2D eigenvalue weighted by Gasteiger charge is -2.14. The molecular formula is C20H21F2NO4. The van der Waals surface area contributed by atoms with Crippen LogP contribution in [0.4, 0.5) is 8.78 Å². The zero-order valence-electron chi connectivity index (χ0n) is 14.7. The van der Waals surface area contributed by atoms with Crippen molar-refractivity contribution in [3.63, 3.8) is 0 Å². The van der Waals surface area contributed by atoms with E-state index in [0.29, 0.717) is 12.8 Å². The first-order chi connectivity index (χ1) is 13.0. The van der Waals surface area contributed by atoms with E-state index in [-0.39, 0.29) is 31.2 Å². The highest BCUT2D eigenvalue weighted by atomic mass is 19.1. The van der Waals surface area contributed by atoms with Gasteiger partial charge in [-0.3, -0.25) is 9.59 Å². The molecular weight excluding hydrogens is 356 g/mol. The van der Waals surface area contributed by atoms with Gasteiger partial charge in [0.2, 0.25) is 5.91 Å². The Labute approximate surface area is 156 Å². The largest absolute Gasteiger partial charge is 0.491 e. The third-order valence-corrected chi connectivity index (χ3v) is 3.92. The number of hydrogen-bond acceptors (Lipinski definition) is 3. The molecule has 0 bridgehead atoms. The van der Waals surface area contributed by atoms with Crippen LogP contribution in [0.25, 0.3) is 0 Å². The van der Waals surface area contributed by atoms with Gasteiger partial charge in [0.15, 0.2) is 11.6 Å². The van der Waals surface area contributed by atoms with Gasteiger partial charge < -0.3 is 15.2 Å². The molecule has 0 aliphatic rings. The molecule has 2 rings (SSSR count). The van der Waals surface area contributed by atoms with Crippen LogP contribution in [0.5, 0.6) is 5.75 Å². The van der Waals surface area contributed by atoms with Gasteiger partial charge in [-0.05, 0) is 30.5 Å². The number of hydrogen-bond donors (Lipinski definition) is 2. The molecule has 0 aliphatic carbocycles. The molecule has 2 aromatic rings. The molecule has 1 unspecified atom stereocenters. The number of halogens is 2. The highest BCUT2D eigenvalue weighted by molar-refractivity contribution is 5.77. The Balaban J connectivity index is 1.70. The number of rotatable bonds is 10. The van der Waals surface area contributed by atoms with E-state index in [1.807, 2.05) is 30.3 Å². The van der Waals surface area contributed by atoms with E-state index in [9.17, 15) is 23.5 Å². The highest BCUT2D eigenvalue weighted by Crippen LogP contribution is 2.17. The summed E-state index contributed by atoms with van der Waals surface area (Å²) in [7, 11) is 0. The minimum Gasteiger partial charge on any atom is -0.491 e. The number of nitrogens with one attached hydrogen (secondary N) is 1. The topological polar surface area (TPSA) is 75.6 Å². The van der Waals surface area contributed by atoms with E-state index in [1.54, 1.807) is 0 Å². The number of aliphatic carboxylic acids is 1. The van der Waals surface area contributed by atoms with Crippen molar-refractivity contribution in [2.24, 2.45) is 5.92 Å². The Morgan fingerprint density at radius 2 is 1.85 bits per heavy atom. The first-order valence-electron chi connectivity index (χ1n) is 8.57. The number of carboxylic acid groups (broad SMARTS) is 1. The summed E-state index contributed by atoms with van der Waals surface area (Å²) in [5.74, 6) is -3.58. The lowest BCUT2D eigenvalue weighted by Crippen LogP contribution is -2.34. The Bertz CT molecular complexity index is 768. The second-order valence-electron chi connectivity index (χ2n) is 6.06. The molecule has 0 fully saturated rings. The summed E-state index contributed by atoms with van der Waals surface area (Å²) in [5.41, 5.74) is 0.883. The first-order valence-corrected chi connectivity index (χ1v) is 8.57. The third-order valence-electron chi connectivity index (χ3n) is 3.92. The molecule has 0 radical (unpaired) electrons. The van der Waals surface area contributed by atoms with Gasteiger partial charge in [-0.2, -0.15) is 0 Å². The molecule has 7 heteroatoms. The summed E-state index contributed by atoms with van der Waals surface area (Å²) in [6.45, 7) is 0.110. The van der Waals surface area contributed by atoms with E-state index in [2.05, 4.69) is 5.32 Å². The molecule has 0 saturated heterocycles. The number of benzene rings is 2. The average Bonchev–Trinajstić information content (AvgIpc) is 2.64. The molecule has 0 saturated carbocycles. The number of carbonyl (C=O) groups excluding carboxylic acids is 1. The van der Waals surface area contributed by atoms with Gasteiger partial charge in [-0.25, -0.2) is 8.78 Å². The van der Waals surface area contributed by atoms with Crippen LogP contribution in [-0.2, 0) is 16.0 Å². The fraction of sp³-hybridized carbons (Fsp3) is 0.300. The van der Waals surface area contributed by atoms with Crippen molar-refractivity contribution in [2.45, 2.75) is 19.3 Å².